The van der Waals surface area contributed by atoms with Gasteiger partial charge in [0.05, 0.1) is 24.9 Å². The van der Waals surface area contributed by atoms with Crippen LogP contribution in [-0.2, 0) is 4.74 Å². The molecule has 2 heterocycles. The van der Waals surface area contributed by atoms with Gasteiger partial charge in [0.2, 0.25) is 5.43 Å². The smallest absolute Gasteiger partial charge is 0.275 e. The van der Waals surface area contributed by atoms with Crippen LogP contribution in [0.5, 0.6) is 0 Å². The first kappa shape index (κ1) is 21.9. The number of carbonyl (C=O) groups is 1. The molecular weight excluding hydrogens is 411 g/mol. The minimum Gasteiger partial charge on any atom is -0.379 e. The standard InChI is InChI=1S/C24H25FN4O3/c1-17-15-22(30)23(27-29(17)20-5-3-2-4-6-20)24(31)26-16-21(28-11-13-32-14-12-28)18-7-9-19(25)10-8-18/h2-10,15,21H,11-14,16H2,1H3,(H,26,31)/t21-/m1/s1. The van der Waals surface area contributed by atoms with Gasteiger partial charge in [0.1, 0.15) is 5.82 Å². The highest BCUT2D eigenvalue weighted by Crippen LogP contribution is 2.22. The van der Waals surface area contributed by atoms with Gasteiger partial charge in [-0.3, -0.25) is 14.5 Å². The molecule has 1 aliphatic rings. The van der Waals surface area contributed by atoms with Crippen LogP contribution in [0.1, 0.15) is 27.8 Å². The fourth-order valence-electron chi connectivity index (χ4n) is 3.84. The number of para-hydroxylation sites is 1. The van der Waals surface area contributed by atoms with E-state index in [0.29, 0.717) is 32.0 Å². The predicted molar refractivity (Wildman–Crippen MR) is 118 cm³/mol. The van der Waals surface area contributed by atoms with Crippen LogP contribution in [0.25, 0.3) is 5.69 Å². The molecule has 0 saturated carbocycles. The molecule has 7 nitrogen and oxygen atoms in total. The summed E-state index contributed by atoms with van der Waals surface area (Å²) in [5, 5.41) is 7.18. The maximum atomic E-state index is 13.4. The zero-order valence-electron chi connectivity index (χ0n) is 17.8. The van der Waals surface area contributed by atoms with Gasteiger partial charge in [0.25, 0.3) is 5.91 Å². The number of hydrogen-bond acceptors (Lipinski definition) is 5. The third-order valence-electron chi connectivity index (χ3n) is 5.52. The van der Waals surface area contributed by atoms with Crippen molar-refractivity contribution >= 4 is 5.91 Å². The van der Waals surface area contributed by atoms with Crippen LogP contribution < -0.4 is 10.7 Å². The molecule has 8 heteroatoms. The number of amides is 1. The first-order chi connectivity index (χ1) is 15.5. The Hall–Kier alpha value is -3.36. The van der Waals surface area contributed by atoms with Gasteiger partial charge >= 0.3 is 0 Å². The maximum absolute atomic E-state index is 13.4. The van der Waals surface area contributed by atoms with Crippen LogP contribution in [0.2, 0.25) is 0 Å². The summed E-state index contributed by atoms with van der Waals surface area (Å²) in [6, 6.07) is 16.8. The van der Waals surface area contributed by atoms with E-state index < -0.39 is 11.3 Å². The van der Waals surface area contributed by atoms with Gasteiger partial charge in [0, 0.05) is 31.4 Å². The van der Waals surface area contributed by atoms with Crippen LogP contribution in [0.15, 0.2) is 65.5 Å². The van der Waals surface area contributed by atoms with E-state index >= 15 is 0 Å². The van der Waals surface area contributed by atoms with Gasteiger partial charge in [-0.15, -0.1) is 0 Å². The predicted octanol–water partition coefficient (Wildman–Crippen LogP) is 2.48. The fraction of sp³-hybridized carbons (Fsp3) is 0.292. The number of ether oxygens (including phenoxy) is 1. The number of morpholine rings is 1. The number of benzene rings is 2. The monoisotopic (exact) mass is 436 g/mol. The molecular formula is C24H25FN4O3. The molecule has 0 radical (unpaired) electrons. The molecule has 3 aromatic rings. The molecule has 0 spiro atoms. The second-order valence-electron chi connectivity index (χ2n) is 7.67. The molecule has 4 rings (SSSR count). The van der Waals surface area contributed by atoms with E-state index in [-0.39, 0.29) is 24.1 Å². The number of aromatic nitrogens is 2. The zero-order chi connectivity index (χ0) is 22.5. The van der Waals surface area contributed by atoms with Crippen LogP contribution in [0, 0.1) is 12.7 Å². The highest BCUT2D eigenvalue weighted by atomic mass is 19.1. The normalized spacial score (nSPS) is 15.3. The van der Waals surface area contributed by atoms with Crippen molar-refractivity contribution in [2.75, 3.05) is 32.8 Å². The highest BCUT2D eigenvalue weighted by Gasteiger charge is 2.24. The van der Waals surface area contributed by atoms with E-state index in [2.05, 4.69) is 15.3 Å². The summed E-state index contributed by atoms with van der Waals surface area (Å²) in [6.45, 7) is 4.60. The fourth-order valence-corrected chi connectivity index (χ4v) is 3.84. The first-order valence-electron chi connectivity index (χ1n) is 10.5. The summed E-state index contributed by atoms with van der Waals surface area (Å²) in [4.78, 5) is 27.6. The van der Waals surface area contributed by atoms with Crippen molar-refractivity contribution in [3.05, 3.63) is 93.7 Å². The minimum absolute atomic E-state index is 0.167. The lowest BCUT2D eigenvalue weighted by molar-refractivity contribution is 0.0162. The van der Waals surface area contributed by atoms with Crippen molar-refractivity contribution in [1.29, 1.82) is 0 Å². The Bertz CT molecular complexity index is 1130. The summed E-state index contributed by atoms with van der Waals surface area (Å²) in [6.07, 6.45) is 0. The molecule has 166 valence electrons. The Kier molecular flexibility index (Phi) is 6.72. The number of hydrogen-bond donors (Lipinski definition) is 1. The average molecular weight is 436 g/mol. The third-order valence-corrected chi connectivity index (χ3v) is 5.52. The molecule has 1 saturated heterocycles. The number of nitrogens with one attached hydrogen (secondary N) is 1. The first-order valence-corrected chi connectivity index (χ1v) is 10.5. The van der Waals surface area contributed by atoms with E-state index in [1.54, 1.807) is 23.7 Å². The molecule has 0 bridgehead atoms. The summed E-state index contributed by atoms with van der Waals surface area (Å²) in [7, 11) is 0. The lowest BCUT2D eigenvalue weighted by Crippen LogP contribution is -2.44. The Balaban J connectivity index is 1.56. The third kappa shape index (κ3) is 4.92. The maximum Gasteiger partial charge on any atom is 0.275 e. The van der Waals surface area contributed by atoms with Gasteiger partial charge in [-0.2, -0.15) is 5.10 Å². The summed E-state index contributed by atoms with van der Waals surface area (Å²) in [5.74, 6) is -0.858. The number of rotatable bonds is 6. The van der Waals surface area contributed by atoms with Crippen LogP contribution in [0.3, 0.4) is 0 Å². The molecule has 1 N–H and O–H groups in total. The SMILES string of the molecule is Cc1cc(=O)c(C(=O)NC[C@H](c2ccc(F)cc2)N2CCOCC2)nn1-c1ccccc1. The molecule has 1 fully saturated rings. The van der Waals surface area contributed by atoms with E-state index in [9.17, 15) is 14.0 Å². The quantitative estimate of drug-likeness (QED) is 0.643. The van der Waals surface area contributed by atoms with Crippen molar-refractivity contribution in [3.8, 4) is 5.69 Å². The molecule has 2 aromatic carbocycles. The Morgan fingerprint density at radius 2 is 1.81 bits per heavy atom. The van der Waals surface area contributed by atoms with Crippen molar-refractivity contribution in [1.82, 2.24) is 20.0 Å². The summed E-state index contributed by atoms with van der Waals surface area (Å²) >= 11 is 0. The second-order valence-corrected chi connectivity index (χ2v) is 7.67. The van der Waals surface area contributed by atoms with Crippen molar-refractivity contribution < 1.29 is 13.9 Å². The lowest BCUT2D eigenvalue weighted by atomic mass is 10.0. The van der Waals surface area contributed by atoms with E-state index in [4.69, 9.17) is 4.74 Å². The number of halogens is 1. The summed E-state index contributed by atoms with van der Waals surface area (Å²) in [5.41, 5.74) is 1.68. The number of nitrogens with zero attached hydrogens (tertiary/aromatic N) is 3. The molecule has 1 aromatic heterocycles. The van der Waals surface area contributed by atoms with Crippen LogP contribution >= 0.6 is 0 Å². The van der Waals surface area contributed by atoms with E-state index in [1.165, 1.54) is 18.2 Å². The highest BCUT2D eigenvalue weighted by molar-refractivity contribution is 5.92. The lowest BCUT2D eigenvalue weighted by Gasteiger charge is -2.34. The Morgan fingerprint density at radius 3 is 2.50 bits per heavy atom. The van der Waals surface area contributed by atoms with Gasteiger partial charge in [0.15, 0.2) is 5.69 Å². The number of aryl methyl sites for hydroxylation is 1. The minimum atomic E-state index is -0.542. The van der Waals surface area contributed by atoms with E-state index in [1.807, 2.05) is 30.3 Å². The molecule has 1 aliphatic heterocycles. The summed E-state index contributed by atoms with van der Waals surface area (Å²) < 4.78 is 20.5. The van der Waals surface area contributed by atoms with Gasteiger partial charge in [-0.05, 0) is 36.8 Å². The van der Waals surface area contributed by atoms with E-state index in [0.717, 1.165) is 11.3 Å². The number of carbonyl (C=O) groups excluding carboxylic acids is 1. The average Bonchev–Trinajstić information content (AvgIpc) is 2.81. The Labute approximate surface area is 185 Å². The molecule has 1 atom stereocenters. The molecule has 1 amide bonds. The molecule has 32 heavy (non-hydrogen) atoms. The van der Waals surface area contributed by atoms with Crippen molar-refractivity contribution in [2.24, 2.45) is 0 Å². The largest absolute Gasteiger partial charge is 0.379 e. The van der Waals surface area contributed by atoms with Gasteiger partial charge < -0.3 is 10.1 Å². The van der Waals surface area contributed by atoms with Crippen molar-refractivity contribution in [3.63, 3.8) is 0 Å². The molecule has 0 unspecified atom stereocenters. The topological polar surface area (TPSA) is 76.5 Å². The zero-order valence-corrected chi connectivity index (χ0v) is 17.8. The van der Waals surface area contributed by atoms with Crippen molar-refractivity contribution in [2.45, 2.75) is 13.0 Å². The van der Waals surface area contributed by atoms with Crippen LogP contribution in [-0.4, -0.2) is 53.4 Å². The Morgan fingerprint density at radius 1 is 1.12 bits per heavy atom. The van der Waals surface area contributed by atoms with Crippen LogP contribution in [0.4, 0.5) is 4.39 Å². The second kappa shape index (κ2) is 9.84. The van der Waals surface area contributed by atoms with Gasteiger partial charge in [-0.1, -0.05) is 30.3 Å². The molecule has 0 aliphatic carbocycles. The van der Waals surface area contributed by atoms with Gasteiger partial charge in [-0.25, -0.2) is 9.07 Å².